The van der Waals surface area contributed by atoms with Crippen LogP contribution in [-0.4, -0.2) is 22.2 Å². The van der Waals surface area contributed by atoms with Crippen LogP contribution in [0.15, 0.2) is 0 Å². The lowest BCUT2D eigenvalue weighted by atomic mass is 9.92. The first kappa shape index (κ1) is 15.9. The molecule has 0 aliphatic carbocycles. The van der Waals surface area contributed by atoms with Gasteiger partial charge in [-0.25, -0.2) is 0 Å². The van der Waals surface area contributed by atoms with Crippen molar-refractivity contribution < 1.29 is 19.8 Å². The first-order valence-electron chi connectivity index (χ1n) is 6.48. The minimum absolute atomic E-state index is 0.304. The monoisotopic (exact) mass is 244 g/mol. The maximum Gasteiger partial charge on any atom is 0.306 e. The Balaban J connectivity index is 3.96. The third-order valence-corrected chi connectivity index (χ3v) is 3.20. The molecular formula is C13H24O4. The molecule has 0 saturated carbocycles. The third-order valence-electron chi connectivity index (χ3n) is 3.20. The summed E-state index contributed by atoms with van der Waals surface area (Å²) in [6.45, 7) is 3.89. The van der Waals surface area contributed by atoms with E-state index in [4.69, 9.17) is 10.2 Å². The summed E-state index contributed by atoms with van der Waals surface area (Å²) in [4.78, 5) is 21.8. The zero-order valence-electron chi connectivity index (χ0n) is 10.8. The van der Waals surface area contributed by atoms with Gasteiger partial charge in [0.25, 0.3) is 0 Å². The van der Waals surface area contributed by atoms with E-state index >= 15 is 0 Å². The van der Waals surface area contributed by atoms with E-state index in [1.165, 1.54) is 0 Å². The molecule has 0 amide bonds. The molecular weight excluding hydrogens is 220 g/mol. The van der Waals surface area contributed by atoms with E-state index in [-0.39, 0.29) is 11.8 Å². The molecule has 0 aromatic heterocycles. The molecule has 0 radical (unpaired) electrons. The fourth-order valence-corrected chi connectivity index (χ4v) is 1.95. The number of rotatable bonds is 10. The Bertz CT molecular complexity index is 238. The Morgan fingerprint density at radius 1 is 0.882 bits per heavy atom. The number of carboxylic acids is 2. The summed E-state index contributed by atoms with van der Waals surface area (Å²) in [5.74, 6) is -2.15. The highest BCUT2D eigenvalue weighted by Gasteiger charge is 2.19. The topological polar surface area (TPSA) is 74.6 Å². The van der Waals surface area contributed by atoms with Gasteiger partial charge in [0, 0.05) is 0 Å². The summed E-state index contributed by atoms with van der Waals surface area (Å²) in [5, 5.41) is 17.9. The van der Waals surface area contributed by atoms with E-state index in [0.717, 1.165) is 12.8 Å². The predicted molar refractivity (Wildman–Crippen MR) is 65.9 cm³/mol. The molecule has 4 nitrogen and oxygen atoms in total. The fraction of sp³-hybridized carbons (Fsp3) is 0.846. The van der Waals surface area contributed by atoms with Gasteiger partial charge in [-0.2, -0.15) is 0 Å². The molecule has 2 atom stereocenters. The van der Waals surface area contributed by atoms with Crippen molar-refractivity contribution in [3.05, 3.63) is 0 Å². The van der Waals surface area contributed by atoms with E-state index in [2.05, 4.69) is 0 Å². The van der Waals surface area contributed by atoms with E-state index in [0.29, 0.717) is 32.1 Å². The highest BCUT2D eigenvalue weighted by Crippen LogP contribution is 2.20. The average molecular weight is 244 g/mol. The second kappa shape index (κ2) is 9.02. The average Bonchev–Trinajstić information content (AvgIpc) is 2.27. The molecule has 0 aromatic carbocycles. The van der Waals surface area contributed by atoms with Crippen LogP contribution in [0.2, 0.25) is 0 Å². The lowest BCUT2D eigenvalue weighted by Gasteiger charge is -2.13. The van der Waals surface area contributed by atoms with Gasteiger partial charge in [0.2, 0.25) is 0 Å². The quantitative estimate of drug-likeness (QED) is 0.619. The van der Waals surface area contributed by atoms with Gasteiger partial charge in [-0.1, -0.05) is 33.1 Å². The summed E-state index contributed by atoms with van der Waals surface area (Å²) < 4.78 is 0. The Morgan fingerprint density at radius 2 is 1.35 bits per heavy atom. The molecule has 100 valence electrons. The zero-order chi connectivity index (χ0) is 13.3. The largest absolute Gasteiger partial charge is 0.481 e. The van der Waals surface area contributed by atoms with Gasteiger partial charge < -0.3 is 10.2 Å². The normalized spacial score (nSPS) is 14.2. The fourth-order valence-electron chi connectivity index (χ4n) is 1.95. The highest BCUT2D eigenvalue weighted by molar-refractivity contribution is 5.70. The predicted octanol–water partition coefficient (Wildman–Crippen LogP) is 3.16. The van der Waals surface area contributed by atoms with Crippen LogP contribution in [0.25, 0.3) is 0 Å². The smallest absolute Gasteiger partial charge is 0.306 e. The van der Waals surface area contributed by atoms with E-state index in [9.17, 15) is 9.59 Å². The van der Waals surface area contributed by atoms with Crippen molar-refractivity contribution in [3.63, 3.8) is 0 Å². The van der Waals surface area contributed by atoms with Crippen molar-refractivity contribution in [1.29, 1.82) is 0 Å². The van der Waals surface area contributed by atoms with Crippen LogP contribution in [0.3, 0.4) is 0 Å². The van der Waals surface area contributed by atoms with E-state index < -0.39 is 11.9 Å². The first-order valence-corrected chi connectivity index (χ1v) is 6.48. The molecule has 0 aromatic rings. The van der Waals surface area contributed by atoms with Crippen molar-refractivity contribution in [3.8, 4) is 0 Å². The number of unbranched alkanes of at least 4 members (excludes halogenated alkanes) is 1. The van der Waals surface area contributed by atoms with Crippen molar-refractivity contribution in [1.82, 2.24) is 0 Å². The van der Waals surface area contributed by atoms with Gasteiger partial charge in [-0.3, -0.25) is 9.59 Å². The van der Waals surface area contributed by atoms with Crippen molar-refractivity contribution >= 4 is 11.9 Å². The van der Waals surface area contributed by atoms with Crippen LogP contribution in [0.4, 0.5) is 0 Å². The molecule has 0 aliphatic heterocycles. The lowest BCUT2D eigenvalue weighted by Crippen LogP contribution is -2.16. The zero-order valence-corrected chi connectivity index (χ0v) is 10.8. The van der Waals surface area contributed by atoms with Crippen LogP contribution < -0.4 is 0 Å². The Hall–Kier alpha value is -1.06. The molecule has 17 heavy (non-hydrogen) atoms. The van der Waals surface area contributed by atoms with E-state index in [1.54, 1.807) is 0 Å². The van der Waals surface area contributed by atoms with Gasteiger partial charge in [0.15, 0.2) is 0 Å². The second-order valence-corrected chi connectivity index (χ2v) is 4.55. The molecule has 4 heteroatoms. The highest BCUT2D eigenvalue weighted by atomic mass is 16.4. The molecule has 0 spiro atoms. The van der Waals surface area contributed by atoms with Gasteiger partial charge >= 0.3 is 11.9 Å². The maximum absolute atomic E-state index is 11.0. The number of carbonyl (C=O) groups is 2. The summed E-state index contributed by atoms with van der Waals surface area (Å²) in [6.07, 6.45) is 5.10. The van der Waals surface area contributed by atoms with Gasteiger partial charge in [0.1, 0.15) is 0 Å². The van der Waals surface area contributed by atoms with E-state index in [1.807, 2.05) is 13.8 Å². The van der Waals surface area contributed by atoms with Crippen molar-refractivity contribution in [2.75, 3.05) is 0 Å². The molecule has 0 fully saturated rings. The van der Waals surface area contributed by atoms with Gasteiger partial charge in [0.05, 0.1) is 11.8 Å². The number of hydrogen-bond donors (Lipinski definition) is 2. The molecule has 0 rings (SSSR count). The third kappa shape index (κ3) is 6.97. The molecule has 0 bridgehead atoms. The summed E-state index contributed by atoms with van der Waals surface area (Å²) in [7, 11) is 0. The molecule has 2 N–H and O–H groups in total. The summed E-state index contributed by atoms with van der Waals surface area (Å²) in [6, 6.07) is 0. The van der Waals surface area contributed by atoms with Gasteiger partial charge in [-0.05, 0) is 25.7 Å². The molecule has 0 heterocycles. The summed E-state index contributed by atoms with van der Waals surface area (Å²) in [5.41, 5.74) is 0. The van der Waals surface area contributed by atoms with Gasteiger partial charge in [-0.15, -0.1) is 0 Å². The Morgan fingerprint density at radius 3 is 1.76 bits per heavy atom. The van der Waals surface area contributed by atoms with Crippen LogP contribution >= 0.6 is 0 Å². The maximum atomic E-state index is 11.0. The van der Waals surface area contributed by atoms with Crippen molar-refractivity contribution in [2.45, 2.75) is 58.8 Å². The second-order valence-electron chi connectivity index (χ2n) is 4.55. The molecule has 0 saturated heterocycles. The van der Waals surface area contributed by atoms with Crippen LogP contribution in [0.5, 0.6) is 0 Å². The first-order chi connectivity index (χ1) is 8.02. The Kier molecular flexibility index (Phi) is 8.46. The number of carboxylic acid groups (broad SMARTS) is 2. The molecule has 2 unspecified atom stereocenters. The van der Waals surface area contributed by atoms with Crippen LogP contribution in [-0.2, 0) is 9.59 Å². The standard InChI is InChI=1S/C13H24O4/c1-3-5-7-11(13(16)17)9-6-8-10(4-2)12(14)15/h10-11H,3-9H2,1-2H3,(H,14,15)(H,16,17). The Labute approximate surface area is 103 Å². The lowest BCUT2D eigenvalue weighted by molar-refractivity contribution is -0.142. The number of hydrogen-bond acceptors (Lipinski definition) is 2. The minimum Gasteiger partial charge on any atom is -0.481 e. The SMILES string of the molecule is CCCCC(CCCC(CC)C(=O)O)C(=O)O. The number of aliphatic carboxylic acids is 2. The van der Waals surface area contributed by atoms with Crippen LogP contribution in [0.1, 0.15) is 58.8 Å². The summed E-state index contributed by atoms with van der Waals surface area (Å²) >= 11 is 0. The van der Waals surface area contributed by atoms with Crippen molar-refractivity contribution in [2.24, 2.45) is 11.8 Å². The molecule has 0 aliphatic rings. The minimum atomic E-state index is -0.770. The van der Waals surface area contributed by atoms with Crippen LogP contribution in [0, 0.1) is 11.8 Å².